The maximum atomic E-state index is 12.9. The molecule has 0 bridgehead atoms. The second-order valence-corrected chi connectivity index (χ2v) is 9.98. The standard InChI is InChI=1S/C21H33N2O4.C5H5.Fe/c1-14-17-18(26-21(5,6)25-17)16(23(14)19(24)27-20(2,3)4)11-12-22-13-15-9-7-8-10-15;1-2-4-5-3-1;/h7-10,14,16-18,22H,11-13H2,1-6H3;1-5H;/q;;+2/t14-,16-,17+,18-;;/m0../s1. The third-order valence-corrected chi connectivity index (χ3v) is 5.65. The minimum absolute atomic E-state index is 0. The van der Waals surface area contributed by atoms with Gasteiger partial charge in [-0.05, 0) is 118 Å². The van der Waals surface area contributed by atoms with Gasteiger partial charge >= 0.3 is 23.2 Å². The van der Waals surface area contributed by atoms with Crippen LogP contribution in [-0.2, 0) is 31.3 Å². The van der Waals surface area contributed by atoms with Crippen molar-refractivity contribution in [1.82, 2.24) is 10.2 Å². The summed E-state index contributed by atoms with van der Waals surface area (Å²) in [7, 11) is 0. The summed E-state index contributed by atoms with van der Waals surface area (Å²) < 4.78 is 17.9. The van der Waals surface area contributed by atoms with E-state index >= 15 is 0 Å². The summed E-state index contributed by atoms with van der Waals surface area (Å²) in [5, 5.41) is 3.46. The molecule has 6 nitrogen and oxygen atoms in total. The van der Waals surface area contributed by atoms with E-state index in [0.29, 0.717) is 0 Å². The molecule has 7 heteroatoms. The Kier molecular flexibility index (Phi) is 11.0. The minimum Gasteiger partial charge on any atom is -0.444 e. The number of hydrogen-bond acceptors (Lipinski definition) is 5. The van der Waals surface area contributed by atoms with Gasteiger partial charge in [-0.1, -0.05) is 0 Å². The van der Waals surface area contributed by atoms with Gasteiger partial charge in [0, 0.05) is 6.54 Å². The van der Waals surface area contributed by atoms with E-state index in [1.165, 1.54) is 5.92 Å². The van der Waals surface area contributed by atoms with Crippen LogP contribution in [0.3, 0.4) is 0 Å². The molecule has 4 rings (SSSR count). The van der Waals surface area contributed by atoms with Crippen molar-refractivity contribution >= 4 is 6.09 Å². The van der Waals surface area contributed by atoms with E-state index < -0.39 is 11.4 Å². The molecule has 10 radical (unpaired) electrons. The zero-order chi connectivity index (χ0) is 23.4. The number of likely N-dealkylation sites (tertiary alicyclic amines) is 1. The number of nitrogens with one attached hydrogen (secondary N) is 1. The van der Waals surface area contributed by atoms with Crippen LogP contribution in [0.15, 0.2) is 0 Å². The molecule has 2 heterocycles. The Labute approximate surface area is 212 Å². The molecule has 0 spiro atoms. The quantitative estimate of drug-likeness (QED) is 0.460. The Balaban J connectivity index is 0.000000568. The predicted octanol–water partition coefficient (Wildman–Crippen LogP) is 3.92. The number of ether oxygens (including phenoxy) is 3. The first-order valence-corrected chi connectivity index (χ1v) is 11.5. The minimum atomic E-state index is -0.620. The van der Waals surface area contributed by atoms with Gasteiger partial charge in [-0.15, -0.1) is 0 Å². The van der Waals surface area contributed by atoms with Crippen molar-refractivity contribution in [3.05, 3.63) is 63.7 Å². The van der Waals surface area contributed by atoms with Crippen LogP contribution in [0.2, 0.25) is 0 Å². The molecule has 182 valence electrons. The average Bonchev–Trinajstić information content (AvgIpc) is 3.46. The molecule has 2 saturated carbocycles. The van der Waals surface area contributed by atoms with E-state index in [0.717, 1.165) is 19.5 Å². The molecule has 4 fully saturated rings. The predicted molar refractivity (Wildman–Crippen MR) is 125 cm³/mol. The van der Waals surface area contributed by atoms with Gasteiger partial charge < -0.3 is 19.5 Å². The van der Waals surface area contributed by atoms with Crippen LogP contribution >= 0.6 is 0 Å². The van der Waals surface area contributed by atoms with Gasteiger partial charge in [0.25, 0.3) is 0 Å². The van der Waals surface area contributed by atoms with Crippen molar-refractivity contribution in [3.63, 3.8) is 0 Å². The van der Waals surface area contributed by atoms with E-state index in [-0.39, 0.29) is 47.5 Å². The van der Waals surface area contributed by atoms with Gasteiger partial charge in [0.15, 0.2) is 5.79 Å². The van der Waals surface area contributed by atoms with E-state index in [1.807, 2.05) is 91.4 Å². The summed E-state index contributed by atoms with van der Waals surface area (Å²) in [5.41, 5.74) is -0.532. The Morgan fingerprint density at radius 3 is 2.12 bits per heavy atom. The largest absolute Gasteiger partial charge is 2.00 e. The normalized spacial score (nSPS) is 31.0. The summed E-state index contributed by atoms with van der Waals surface area (Å²) in [6, 6.07) is -0.166. The van der Waals surface area contributed by atoms with Gasteiger partial charge in [0.2, 0.25) is 0 Å². The van der Waals surface area contributed by atoms with Gasteiger partial charge in [-0.25, -0.2) is 4.79 Å². The Bertz CT molecular complexity index is 592. The van der Waals surface area contributed by atoms with E-state index in [2.05, 4.69) is 18.2 Å². The number of hydrogen-bond donors (Lipinski definition) is 1. The molecule has 1 N–H and O–H groups in total. The third-order valence-electron chi connectivity index (χ3n) is 5.65. The first-order chi connectivity index (χ1) is 15.1. The molecule has 2 aliphatic heterocycles. The summed E-state index contributed by atoms with van der Waals surface area (Å²) in [6.45, 7) is 13.1. The van der Waals surface area contributed by atoms with Crippen molar-refractivity contribution in [2.45, 2.75) is 83.6 Å². The van der Waals surface area contributed by atoms with Crippen LogP contribution in [0.5, 0.6) is 0 Å². The first kappa shape index (κ1) is 28.9. The van der Waals surface area contributed by atoms with Gasteiger partial charge in [0.1, 0.15) is 17.8 Å². The van der Waals surface area contributed by atoms with Crippen LogP contribution < -0.4 is 5.32 Å². The van der Waals surface area contributed by atoms with Crippen molar-refractivity contribution in [3.8, 4) is 0 Å². The smallest absolute Gasteiger partial charge is 0.444 e. The van der Waals surface area contributed by atoms with Gasteiger partial charge in [-0.3, -0.25) is 4.90 Å². The summed E-state index contributed by atoms with van der Waals surface area (Å²) in [6.07, 6.45) is 18.5. The van der Waals surface area contributed by atoms with Crippen LogP contribution in [0.4, 0.5) is 4.79 Å². The molecule has 0 aromatic heterocycles. The molecule has 33 heavy (non-hydrogen) atoms. The summed E-state index contributed by atoms with van der Waals surface area (Å²) in [5.74, 6) is 0.642. The van der Waals surface area contributed by atoms with Crippen molar-refractivity contribution in [2.75, 3.05) is 13.1 Å². The molecule has 4 aliphatic rings. The molecule has 2 saturated heterocycles. The molecule has 2 aliphatic carbocycles. The third kappa shape index (κ3) is 8.38. The molecular formula is C26H38FeN2O4+2. The monoisotopic (exact) mass is 498 g/mol. The van der Waals surface area contributed by atoms with Crippen LogP contribution in [-0.4, -0.2) is 59.8 Å². The maximum Gasteiger partial charge on any atom is 2.00 e. The topological polar surface area (TPSA) is 60.0 Å². The van der Waals surface area contributed by atoms with Gasteiger partial charge in [0.05, 0.1) is 12.1 Å². The number of rotatable bonds is 5. The van der Waals surface area contributed by atoms with Gasteiger partial charge in [-0.2, -0.15) is 0 Å². The molecule has 0 unspecified atom stereocenters. The molecule has 0 aromatic carbocycles. The molecule has 1 amide bonds. The van der Waals surface area contributed by atoms with Crippen molar-refractivity contribution in [2.24, 2.45) is 0 Å². The Morgan fingerprint density at radius 2 is 1.58 bits per heavy atom. The fourth-order valence-electron chi connectivity index (χ4n) is 4.36. The Hall–Kier alpha value is -0.331. The second-order valence-electron chi connectivity index (χ2n) is 9.98. The Morgan fingerprint density at radius 1 is 1.03 bits per heavy atom. The fourth-order valence-corrected chi connectivity index (χ4v) is 4.36. The maximum absolute atomic E-state index is 12.9. The van der Waals surface area contributed by atoms with E-state index in [9.17, 15) is 4.79 Å². The number of nitrogens with zero attached hydrogens (tertiary/aromatic N) is 1. The molecule has 0 aromatic rings. The first-order valence-electron chi connectivity index (χ1n) is 11.5. The molecule has 4 atom stereocenters. The van der Waals surface area contributed by atoms with Crippen molar-refractivity contribution < 1.29 is 36.1 Å². The zero-order valence-corrected chi connectivity index (χ0v) is 21.7. The number of amides is 1. The van der Waals surface area contributed by atoms with E-state index in [1.54, 1.807) is 0 Å². The zero-order valence-electron chi connectivity index (χ0n) is 20.6. The number of fused-ring (bicyclic) bond motifs is 1. The number of carbonyl (C=O) groups is 1. The summed E-state index contributed by atoms with van der Waals surface area (Å²) >= 11 is 0. The van der Waals surface area contributed by atoms with E-state index in [4.69, 9.17) is 14.2 Å². The number of carbonyl (C=O) groups excluding carboxylic acids is 1. The van der Waals surface area contributed by atoms with Crippen LogP contribution in [0.25, 0.3) is 0 Å². The SMILES string of the molecule is C[C@H]1[C@H]2OC(C)(C)O[C@H]2[C@H](CCNC[C]2[CH][CH][CH][CH]2)N1C(=O)OC(C)(C)C.[CH]1[CH][CH][CH][CH]1.[Fe+2]. The molecular weight excluding hydrogens is 460 g/mol. The fraction of sp³-hybridized carbons (Fsp3) is 0.577. The average molecular weight is 498 g/mol. The van der Waals surface area contributed by atoms with Crippen LogP contribution in [0, 0.1) is 63.7 Å². The van der Waals surface area contributed by atoms with Crippen LogP contribution in [0.1, 0.15) is 48.0 Å². The summed E-state index contributed by atoms with van der Waals surface area (Å²) in [4.78, 5) is 14.7. The second kappa shape index (κ2) is 12.6. The van der Waals surface area contributed by atoms with Crippen molar-refractivity contribution in [1.29, 1.82) is 0 Å².